The summed E-state index contributed by atoms with van der Waals surface area (Å²) in [5.74, 6) is -0.454. The number of ether oxygens (including phenoxy) is 1. The van der Waals surface area contributed by atoms with Crippen molar-refractivity contribution < 1.29 is 18.3 Å². The summed E-state index contributed by atoms with van der Waals surface area (Å²) in [6, 6.07) is 8.66. The van der Waals surface area contributed by atoms with Crippen LogP contribution in [-0.2, 0) is 0 Å². The van der Waals surface area contributed by atoms with E-state index in [0.29, 0.717) is 18.3 Å². The molecule has 30 heavy (non-hydrogen) atoms. The van der Waals surface area contributed by atoms with E-state index in [2.05, 4.69) is 15.0 Å². The number of carbonyl (C=O) groups is 1. The molecule has 1 aliphatic carbocycles. The summed E-state index contributed by atoms with van der Waals surface area (Å²) in [4.78, 5) is 27.3. The van der Waals surface area contributed by atoms with Crippen molar-refractivity contribution in [2.24, 2.45) is 5.92 Å². The Morgan fingerprint density at radius 3 is 2.60 bits per heavy atom. The van der Waals surface area contributed by atoms with Crippen LogP contribution in [0.2, 0.25) is 0 Å². The highest BCUT2D eigenvalue weighted by Crippen LogP contribution is 2.41. The zero-order valence-electron chi connectivity index (χ0n) is 15.9. The lowest BCUT2D eigenvalue weighted by Gasteiger charge is -2.33. The lowest BCUT2D eigenvalue weighted by molar-refractivity contribution is 0.0466. The number of hydrogen-bond acceptors (Lipinski definition) is 5. The van der Waals surface area contributed by atoms with Crippen molar-refractivity contribution in [2.75, 3.05) is 6.54 Å². The number of amides is 1. The molecule has 2 bridgehead atoms. The third kappa shape index (κ3) is 3.28. The summed E-state index contributed by atoms with van der Waals surface area (Å²) < 4.78 is 33.7. The number of pyridine rings is 1. The molecular formula is C22H18F2N4O2. The fraction of sp³-hybridized carbons (Fsp3) is 0.273. The number of hydrogen-bond donors (Lipinski definition) is 0. The van der Waals surface area contributed by atoms with Gasteiger partial charge in [0.2, 0.25) is 5.88 Å². The predicted octanol–water partition coefficient (Wildman–Crippen LogP) is 3.50. The van der Waals surface area contributed by atoms with Gasteiger partial charge >= 0.3 is 0 Å². The number of piperidine rings is 1. The first kappa shape index (κ1) is 18.6. The van der Waals surface area contributed by atoms with Crippen LogP contribution in [0.25, 0.3) is 11.4 Å². The maximum Gasteiger partial charge on any atom is 0.255 e. The predicted molar refractivity (Wildman–Crippen MR) is 104 cm³/mol. The molecule has 0 N–H and O–H groups in total. The van der Waals surface area contributed by atoms with Crippen LogP contribution >= 0.6 is 0 Å². The Bertz CT molecular complexity index is 1080. The van der Waals surface area contributed by atoms with Crippen molar-refractivity contribution in [1.29, 1.82) is 0 Å². The van der Waals surface area contributed by atoms with E-state index < -0.39 is 11.6 Å². The molecule has 152 valence electrons. The average molecular weight is 408 g/mol. The number of fused-ring (bicyclic) bond motifs is 2. The van der Waals surface area contributed by atoms with Gasteiger partial charge < -0.3 is 9.64 Å². The molecule has 1 saturated carbocycles. The van der Waals surface area contributed by atoms with Gasteiger partial charge in [0.1, 0.15) is 17.7 Å². The molecule has 0 unspecified atom stereocenters. The summed E-state index contributed by atoms with van der Waals surface area (Å²) in [5.41, 5.74) is 0.330. The van der Waals surface area contributed by atoms with Crippen molar-refractivity contribution in [2.45, 2.75) is 25.0 Å². The summed E-state index contributed by atoms with van der Waals surface area (Å²) in [6.45, 7) is 0.589. The van der Waals surface area contributed by atoms with E-state index in [0.717, 1.165) is 19.0 Å². The topological polar surface area (TPSA) is 68.2 Å². The van der Waals surface area contributed by atoms with Gasteiger partial charge in [-0.2, -0.15) is 0 Å². The molecule has 0 radical (unpaired) electrons. The van der Waals surface area contributed by atoms with Gasteiger partial charge in [-0.15, -0.1) is 0 Å². The van der Waals surface area contributed by atoms with E-state index in [1.807, 2.05) is 0 Å². The van der Waals surface area contributed by atoms with E-state index >= 15 is 0 Å². The number of rotatable bonds is 4. The van der Waals surface area contributed by atoms with Crippen LogP contribution in [0.3, 0.4) is 0 Å². The highest BCUT2D eigenvalue weighted by Gasteiger charge is 2.48. The molecule has 2 aromatic heterocycles. The summed E-state index contributed by atoms with van der Waals surface area (Å²) in [6.07, 6.45) is 5.50. The third-order valence-electron chi connectivity index (χ3n) is 5.69. The molecule has 8 heteroatoms. The molecule has 3 heterocycles. The maximum absolute atomic E-state index is 14.7. The molecule has 5 rings (SSSR count). The lowest BCUT2D eigenvalue weighted by Crippen LogP contribution is -2.47. The largest absolute Gasteiger partial charge is 0.472 e. The Balaban J connectivity index is 1.42. The molecule has 3 atom stereocenters. The first-order chi connectivity index (χ1) is 14.6. The molecule has 2 aliphatic rings. The minimum Gasteiger partial charge on any atom is -0.472 e. The van der Waals surface area contributed by atoms with Crippen molar-refractivity contribution in [3.63, 3.8) is 0 Å². The molecule has 6 nitrogen and oxygen atoms in total. The van der Waals surface area contributed by atoms with Crippen molar-refractivity contribution in [1.82, 2.24) is 19.9 Å². The summed E-state index contributed by atoms with van der Waals surface area (Å²) in [5, 5.41) is 0. The molecule has 3 aromatic rings. The number of halogens is 2. The van der Waals surface area contributed by atoms with Crippen LogP contribution in [-0.4, -0.2) is 44.4 Å². The van der Waals surface area contributed by atoms with Crippen LogP contribution in [0.1, 0.15) is 23.2 Å². The quantitative estimate of drug-likeness (QED) is 0.661. The number of aromatic nitrogens is 3. The Labute approximate surface area is 171 Å². The van der Waals surface area contributed by atoms with Gasteiger partial charge in [-0.25, -0.2) is 23.7 Å². The minimum atomic E-state index is -0.542. The van der Waals surface area contributed by atoms with Gasteiger partial charge in [-0.05, 0) is 43.0 Å². The number of benzene rings is 1. The first-order valence-corrected chi connectivity index (χ1v) is 9.75. The molecule has 0 spiro atoms. The highest BCUT2D eigenvalue weighted by molar-refractivity contribution is 6.00. The minimum absolute atomic E-state index is 0.101. The molecule has 1 aromatic carbocycles. The zero-order chi connectivity index (χ0) is 20.7. The van der Waals surface area contributed by atoms with Crippen LogP contribution in [0.4, 0.5) is 8.78 Å². The SMILES string of the molecule is O=C(c1cccc(F)c1-c1ncccn1)N1C[C@H]2C[C@@H](Oc3ccc(F)cn3)[C@@H]1C2. The summed E-state index contributed by atoms with van der Waals surface area (Å²) >= 11 is 0. The maximum atomic E-state index is 14.7. The fourth-order valence-corrected chi connectivity index (χ4v) is 4.43. The zero-order valence-corrected chi connectivity index (χ0v) is 15.9. The van der Waals surface area contributed by atoms with Crippen molar-refractivity contribution in [3.8, 4) is 17.3 Å². The second kappa shape index (κ2) is 7.44. The van der Waals surface area contributed by atoms with E-state index in [1.165, 1.54) is 36.7 Å². The Kier molecular flexibility index (Phi) is 4.61. The van der Waals surface area contributed by atoms with Crippen molar-refractivity contribution >= 4 is 5.91 Å². The van der Waals surface area contributed by atoms with E-state index in [-0.39, 0.29) is 35.0 Å². The Hall–Kier alpha value is -3.42. The number of likely N-dealkylation sites (tertiary alicyclic amines) is 1. The molecule has 2 fully saturated rings. The molecule has 1 aliphatic heterocycles. The third-order valence-corrected chi connectivity index (χ3v) is 5.69. The number of carbonyl (C=O) groups excluding carboxylic acids is 1. The van der Waals surface area contributed by atoms with Crippen LogP contribution in [0.5, 0.6) is 5.88 Å². The van der Waals surface area contributed by atoms with Crippen LogP contribution in [0.15, 0.2) is 55.0 Å². The van der Waals surface area contributed by atoms with E-state index in [9.17, 15) is 13.6 Å². The van der Waals surface area contributed by atoms with E-state index in [1.54, 1.807) is 17.0 Å². The number of nitrogens with zero attached hydrogens (tertiary/aromatic N) is 4. The highest BCUT2D eigenvalue weighted by atomic mass is 19.1. The van der Waals surface area contributed by atoms with Gasteiger partial charge in [0.15, 0.2) is 5.82 Å². The fourth-order valence-electron chi connectivity index (χ4n) is 4.43. The molecule has 1 saturated heterocycles. The van der Waals surface area contributed by atoms with Gasteiger partial charge in [0, 0.05) is 25.0 Å². The van der Waals surface area contributed by atoms with Crippen LogP contribution < -0.4 is 4.74 Å². The lowest BCUT2D eigenvalue weighted by atomic mass is 10.0. The standard InChI is InChI=1S/C22H18F2N4O2/c23-14-5-6-19(27-11-14)30-18-10-13-9-17(18)28(12-13)22(29)15-3-1-4-16(24)20(15)21-25-7-2-8-26-21/h1-8,11,13,17-18H,9-10,12H2/t13-,17+,18-/m1/s1. The second-order valence-electron chi connectivity index (χ2n) is 7.57. The monoisotopic (exact) mass is 408 g/mol. The second-order valence-corrected chi connectivity index (χ2v) is 7.57. The van der Waals surface area contributed by atoms with Crippen molar-refractivity contribution in [3.05, 3.63) is 72.2 Å². The van der Waals surface area contributed by atoms with Gasteiger partial charge in [-0.3, -0.25) is 4.79 Å². The smallest absolute Gasteiger partial charge is 0.255 e. The molecular weight excluding hydrogens is 390 g/mol. The van der Waals surface area contributed by atoms with Gasteiger partial charge in [0.25, 0.3) is 5.91 Å². The van der Waals surface area contributed by atoms with Gasteiger partial charge in [0.05, 0.1) is 23.4 Å². The first-order valence-electron chi connectivity index (χ1n) is 9.75. The Morgan fingerprint density at radius 1 is 1.03 bits per heavy atom. The van der Waals surface area contributed by atoms with E-state index in [4.69, 9.17) is 4.74 Å². The Morgan fingerprint density at radius 2 is 1.87 bits per heavy atom. The van der Waals surface area contributed by atoms with Crippen LogP contribution in [0, 0.1) is 17.6 Å². The normalized spacial score (nSPS) is 22.3. The summed E-state index contributed by atoms with van der Waals surface area (Å²) in [7, 11) is 0. The molecule has 1 amide bonds. The average Bonchev–Trinajstić information content (AvgIpc) is 3.36. The van der Waals surface area contributed by atoms with Gasteiger partial charge in [-0.1, -0.05) is 6.07 Å².